The van der Waals surface area contributed by atoms with E-state index in [9.17, 15) is 0 Å². The first kappa shape index (κ1) is 10.4. The fraction of sp³-hybridized carbons (Fsp3) is 0.182. The van der Waals surface area contributed by atoms with E-state index in [4.69, 9.17) is 5.73 Å². The minimum atomic E-state index is 0.432. The van der Waals surface area contributed by atoms with Gasteiger partial charge in [-0.3, -0.25) is 0 Å². The van der Waals surface area contributed by atoms with Gasteiger partial charge < -0.3 is 5.73 Å². The summed E-state index contributed by atoms with van der Waals surface area (Å²) in [5.74, 6) is 0.764. The first-order chi connectivity index (χ1) is 8.28. The predicted octanol–water partition coefficient (Wildman–Crippen LogP) is 1.62. The van der Waals surface area contributed by atoms with Gasteiger partial charge in [0.05, 0.1) is 0 Å². The Bertz CT molecular complexity index is 669. The summed E-state index contributed by atoms with van der Waals surface area (Å²) >= 11 is 1.47. The number of nitrogens with two attached hydrogens (primary N) is 1. The number of fused-ring (bicyclic) bond motifs is 1. The van der Waals surface area contributed by atoms with E-state index in [-0.39, 0.29) is 0 Å². The molecule has 86 valence electrons. The Balaban J connectivity index is 2.19. The zero-order valence-corrected chi connectivity index (χ0v) is 10.1. The zero-order valence-electron chi connectivity index (χ0n) is 9.29. The largest absolute Gasteiger partial charge is 0.324 e. The Hall–Kier alpha value is -1.79. The third-order valence-electron chi connectivity index (χ3n) is 2.48. The lowest BCUT2D eigenvalue weighted by molar-refractivity contribution is 0.894. The van der Waals surface area contributed by atoms with Crippen LogP contribution >= 0.6 is 11.3 Å². The molecule has 0 radical (unpaired) electrons. The molecule has 0 atom stereocenters. The molecule has 3 aromatic rings. The number of rotatable bonds is 2. The van der Waals surface area contributed by atoms with Crippen molar-refractivity contribution in [3.05, 3.63) is 34.8 Å². The van der Waals surface area contributed by atoms with E-state index >= 15 is 0 Å². The molecule has 0 aliphatic heterocycles. The number of hydrogen-bond acceptors (Lipinski definition) is 5. The van der Waals surface area contributed by atoms with E-state index < -0.39 is 0 Å². The molecule has 1 aromatic carbocycles. The number of aromatic nitrogens is 4. The second-order valence-electron chi connectivity index (χ2n) is 3.79. The molecule has 0 saturated heterocycles. The summed E-state index contributed by atoms with van der Waals surface area (Å²) in [6.45, 7) is 2.48. The van der Waals surface area contributed by atoms with Crippen molar-refractivity contribution in [1.29, 1.82) is 0 Å². The Morgan fingerprint density at radius 3 is 3.00 bits per heavy atom. The van der Waals surface area contributed by atoms with Gasteiger partial charge in [0.2, 0.25) is 4.96 Å². The number of aryl methyl sites for hydroxylation is 1. The van der Waals surface area contributed by atoms with Gasteiger partial charge in [-0.05, 0) is 13.0 Å². The monoisotopic (exact) mass is 245 g/mol. The first-order valence-electron chi connectivity index (χ1n) is 5.26. The van der Waals surface area contributed by atoms with Crippen molar-refractivity contribution in [3.63, 3.8) is 0 Å². The third kappa shape index (κ3) is 1.71. The van der Waals surface area contributed by atoms with E-state index in [2.05, 4.69) is 21.4 Å². The molecule has 17 heavy (non-hydrogen) atoms. The second kappa shape index (κ2) is 3.90. The van der Waals surface area contributed by atoms with Crippen LogP contribution in [0.3, 0.4) is 0 Å². The fourth-order valence-corrected chi connectivity index (χ4v) is 2.42. The number of nitrogens with zero attached hydrogens (tertiary/aromatic N) is 4. The molecule has 0 fully saturated rings. The standard InChI is InChI=1S/C11H11N5S/c1-7-3-2-4-8(5-7)10-13-14-11-16(10)15-9(6-12)17-11/h2-5H,6,12H2,1H3. The van der Waals surface area contributed by atoms with Crippen molar-refractivity contribution in [3.8, 4) is 11.4 Å². The highest BCUT2D eigenvalue weighted by Crippen LogP contribution is 2.21. The number of hydrogen-bond donors (Lipinski definition) is 1. The van der Waals surface area contributed by atoms with Crippen LogP contribution in [-0.4, -0.2) is 19.8 Å². The molecule has 2 heterocycles. The summed E-state index contributed by atoms with van der Waals surface area (Å²) in [7, 11) is 0. The summed E-state index contributed by atoms with van der Waals surface area (Å²) in [5.41, 5.74) is 7.78. The molecule has 2 aromatic heterocycles. The summed E-state index contributed by atoms with van der Waals surface area (Å²) < 4.78 is 1.75. The van der Waals surface area contributed by atoms with Crippen LogP contribution in [0.15, 0.2) is 24.3 Å². The van der Waals surface area contributed by atoms with Crippen LogP contribution in [-0.2, 0) is 6.54 Å². The highest BCUT2D eigenvalue weighted by atomic mass is 32.1. The molecule has 2 N–H and O–H groups in total. The molecular formula is C11H11N5S. The topological polar surface area (TPSA) is 69.1 Å². The maximum atomic E-state index is 5.57. The molecule has 3 rings (SSSR count). The Morgan fingerprint density at radius 1 is 1.35 bits per heavy atom. The molecular weight excluding hydrogens is 234 g/mol. The molecule has 0 aliphatic carbocycles. The molecule has 5 nitrogen and oxygen atoms in total. The molecule has 0 unspecified atom stereocenters. The maximum Gasteiger partial charge on any atom is 0.235 e. The van der Waals surface area contributed by atoms with Gasteiger partial charge in [0, 0.05) is 12.1 Å². The second-order valence-corrected chi connectivity index (χ2v) is 4.83. The van der Waals surface area contributed by atoms with Gasteiger partial charge in [0.1, 0.15) is 5.01 Å². The van der Waals surface area contributed by atoms with Gasteiger partial charge in [-0.1, -0.05) is 35.1 Å². The van der Waals surface area contributed by atoms with Crippen LogP contribution in [0.5, 0.6) is 0 Å². The van der Waals surface area contributed by atoms with Crippen LogP contribution in [0, 0.1) is 6.92 Å². The highest BCUT2D eigenvalue weighted by molar-refractivity contribution is 7.16. The molecule has 0 amide bonds. The van der Waals surface area contributed by atoms with Crippen LogP contribution in [0.25, 0.3) is 16.3 Å². The van der Waals surface area contributed by atoms with E-state index in [1.807, 2.05) is 25.1 Å². The highest BCUT2D eigenvalue weighted by Gasteiger charge is 2.12. The minimum Gasteiger partial charge on any atom is -0.324 e. The fourth-order valence-electron chi connectivity index (χ4n) is 1.70. The van der Waals surface area contributed by atoms with Gasteiger partial charge >= 0.3 is 0 Å². The van der Waals surface area contributed by atoms with Crippen molar-refractivity contribution in [2.24, 2.45) is 5.73 Å². The Morgan fingerprint density at radius 2 is 2.24 bits per heavy atom. The summed E-state index contributed by atoms with van der Waals surface area (Å²) in [5, 5.41) is 13.5. The summed E-state index contributed by atoms with van der Waals surface area (Å²) in [4.78, 5) is 0.780. The van der Waals surface area contributed by atoms with Gasteiger partial charge in [0.25, 0.3) is 0 Å². The Kier molecular flexibility index (Phi) is 2.38. The lowest BCUT2D eigenvalue weighted by Gasteiger charge is -1.98. The van der Waals surface area contributed by atoms with Gasteiger partial charge in [-0.2, -0.15) is 9.61 Å². The normalized spacial score (nSPS) is 11.2. The molecule has 0 spiro atoms. The van der Waals surface area contributed by atoms with Crippen LogP contribution in [0.1, 0.15) is 10.6 Å². The first-order valence-corrected chi connectivity index (χ1v) is 6.08. The van der Waals surface area contributed by atoms with Crippen molar-refractivity contribution in [2.45, 2.75) is 13.5 Å². The van der Waals surface area contributed by atoms with Crippen LogP contribution in [0.4, 0.5) is 0 Å². The number of benzene rings is 1. The molecule has 0 bridgehead atoms. The van der Waals surface area contributed by atoms with Gasteiger partial charge in [-0.15, -0.1) is 10.2 Å². The van der Waals surface area contributed by atoms with Gasteiger partial charge in [-0.25, -0.2) is 0 Å². The lowest BCUT2D eigenvalue weighted by Crippen LogP contribution is -1.97. The average molecular weight is 245 g/mol. The smallest absolute Gasteiger partial charge is 0.235 e. The van der Waals surface area contributed by atoms with Crippen LogP contribution in [0.2, 0.25) is 0 Å². The summed E-state index contributed by atoms with van der Waals surface area (Å²) in [6, 6.07) is 8.12. The van der Waals surface area contributed by atoms with Crippen molar-refractivity contribution in [2.75, 3.05) is 0 Å². The zero-order chi connectivity index (χ0) is 11.8. The predicted molar refractivity (Wildman–Crippen MR) is 66.7 cm³/mol. The van der Waals surface area contributed by atoms with E-state index in [0.717, 1.165) is 21.4 Å². The SMILES string of the molecule is Cc1cccc(-c2nnc3sc(CN)nn23)c1. The van der Waals surface area contributed by atoms with E-state index in [1.54, 1.807) is 4.52 Å². The summed E-state index contributed by atoms with van der Waals surface area (Å²) in [6.07, 6.45) is 0. The van der Waals surface area contributed by atoms with Crippen molar-refractivity contribution < 1.29 is 0 Å². The average Bonchev–Trinajstić information content (AvgIpc) is 2.87. The lowest BCUT2D eigenvalue weighted by atomic mass is 10.1. The van der Waals surface area contributed by atoms with Crippen molar-refractivity contribution in [1.82, 2.24) is 19.8 Å². The van der Waals surface area contributed by atoms with E-state index in [0.29, 0.717) is 6.54 Å². The van der Waals surface area contributed by atoms with Gasteiger partial charge in [0.15, 0.2) is 5.82 Å². The third-order valence-corrected chi connectivity index (χ3v) is 3.40. The maximum absolute atomic E-state index is 5.57. The molecule has 0 saturated carbocycles. The Labute approximate surface area is 102 Å². The van der Waals surface area contributed by atoms with Crippen LogP contribution < -0.4 is 5.73 Å². The molecule has 6 heteroatoms. The van der Waals surface area contributed by atoms with Crippen molar-refractivity contribution >= 4 is 16.3 Å². The van der Waals surface area contributed by atoms with E-state index in [1.165, 1.54) is 16.9 Å². The molecule has 0 aliphatic rings. The minimum absolute atomic E-state index is 0.432. The quantitative estimate of drug-likeness (QED) is 0.745.